The highest BCUT2D eigenvalue weighted by molar-refractivity contribution is 6.39. The summed E-state index contributed by atoms with van der Waals surface area (Å²) in [5, 5.41) is 0.972. The van der Waals surface area contributed by atoms with Gasteiger partial charge in [-0.05, 0) is 73.8 Å². The quantitative estimate of drug-likeness (QED) is 0.129. The SMILES string of the molecule is COc1cc(-c2nccc(-c3cccc(-c4ccc(CN(C)CC5CN(C(=O)OC(C)(C)C)C5)c(OC)n4)c3Cl)c2Cl)ccc1CN(C)CC1CN(C(=O)OC(C)(C)C)C1. The molecule has 4 aromatic rings. The first-order chi connectivity index (χ1) is 28.3. The zero-order valence-electron chi connectivity index (χ0n) is 36.5. The topological polar surface area (TPSA) is 110 Å². The van der Waals surface area contributed by atoms with Gasteiger partial charge in [-0.3, -0.25) is 4.98 Å². The molecule has 2 fully saturated rings. The molecule has 4 heterocycles. The summed E-state index contributed by atoms with van der Waals surface area (Å²) in [4.78, 5) is 42.3. The number of nitrogens with zero attached hydrogens (tertiary/aromatic N) is 6. The van der Waals surface area contributed by atoms with Crippen LogP contribution in [0.5, 0.6) is 11.6 Å². The molecular formula is C46H58Cl2N6O6. The molecule has 0 aliphatic carbocycles. The van der Waals surface area contributed by atoms with Gasteiger partial charge in [-0.25, -0.2) is 14.6 Å². The smallest absolute Gasteiger partial charge is 0.410 e. The second kappa shape index (κ2) is 18.6. The van der Waals surface area contributed by atoms with Crippen molar-refractivity contribution in [1.82, 2.24) is 29.6 Å². The minimum absolute atomic E-state index is 0.259. The first-order valence-electron chi connectivity index (χ1n) is 20.3. The molecule has 60 heavy (non-hydrogen) atoms. The zero-order valence-corrected chi connectivity index (χ0v) is 38.0. The summed E-state index contributed by atoms with van der Waals surface area (Å²) >= 11 is 14.3. The first kappa shape index (κ1) is 44.9. The summed E-state index contributed by atoms with van der Waals surface area (Å²) in [5.74, 6) is 1.98. The van der Waals surface area contributed by atoms with Crippen molar-refractivity contribution in [2.75, 3.05) is 67.6 Å². The summed E-state index contributed by atoms with van der Waals surface area (Å²) in [6, 6.07) is 17.7. The maximum Gasteiger partial charge on any atom is 0.410 e. The number of rotatable bonds is 13. The Morgan fingerprint density at radius 1 is 0.717 bits per heavy atom. The molecule has 2 aliphatic heterocycles. The number of hydrogen-bond acceptors (Lipinski definition) is 10. The number of amides is 2. The van der Waals surface area contributed by atoms with Crippen molar-refractivity contribution in [2.45, 2.75) is 65.8 Å². The number of benzene rings is 2. The number of likely N-dealkylation sites (tertiary alicyclic amines) is 2. The van der Waals surface area contributed by atoms with E-state index in [4.69, 9.17) is 47.1 Å². The number of aromatic nitrogens is 2. The maximum absolute atomic E-state index is 12.4. The molecule has 2 aromatic heterocycles. The Kier molecular flexibility index (Phi) is 13.9. The third-order valence-corrected chi connectivity index (χ3v) is 11.2. The molecule has 0 N–H and O–H groups in total. The fraction of sp³-hybridized carbons (Fsp3) is 0.478. The van der Waals surface area contributed by atoms with E-state index in [1.54, 1.807) is 30.2 Å². The van der Waals surface area contributed by atoms with Gasteiger partial charge in [-0.1, -0.05) is 59.6 Å². The third-order valence-electron chi connectivity index (χ3n) is 10.4. The van der Waals surface area contributed by atoms with Gasteiger partial charge in [0.05, 0.1) is 35.7 Å². The number of pyridine rings is 2. The highest BCUT2D eigenvalue weighted by Gasteiger charge is 2.35. The molecular weight excluding hydrogens is 803 g/mol. The van der Waals surface area contributed by atoms with Crippen LogP contribution in [0, 0.1) is 11.8 Å². The van der Waals surface area contributed by atoms with Crippen LogP contribution in [0.4, 0.5) is 9.59 Å². The highest BCUT2D eigenvalue weighted by atomic mass is 35.5. The van der Waals surface area contributed by atoms with Crippen molar-refractivity contribution in [1.29, 1.82) is 0 Å². The van der Waals surface area contributed by atoms with Crippen molar-refractivity contribution in [3.8, 4) is 45.3 Å². The lowest BCUT2D eigenvalue weighted by molar-refractivity contribution is -0.00627. The molecule has 12 nitrogen and oxygen atoms in total. The normalized spacial score (nSPS) is 14.9. The van der Waals surface area contributed by atoms with E-state index >= 15 is 0 Å². The molecule has 0 atom stereocenters. The number of carbonyl (C=O) groups excluding carboxylic acids is 2. The summed E-state index contributed by atoms with van der Waals surface area (Å²) in [6.45, 7) is 16.9. The predicted octanol–water partition coefficient (Wildman–Crippen LogP) is 9.40. The second-order valence-electron chi connectivity index (χ2n) is 18.0. The van der Waals surface area contributed by atoms with Crippen molar-refractivity contribution in [3.63, 3.8) is 0 Å². The predicted molar refractivity (Wildman–Crippen MR) is 237 cm³/mol. The molecule has 2 aromatic carbocycles. The van der Waals surface area contributed by atoms with Crippen LogP contribution in [0.1, 0.15) is 52.7 Å². The molecule has 2 amide bonds. The standard InChI is InChI=1S/C46H58Cl2N6O6/c1-45(2,3)59-43(55)53-23-29(24-53)21-51(7)27-32-15-14-31(20-38(32)57-9)41-40(48)35(18-19-49-41)34-12-11-13-36(39(34)47)37-17-16-33(42(50-37)58-10)28-52(8)22-30-25-54(26-30)44(56)60-46(4,5)6/h11-20,29-30H,21-28H2,1-10H3. The van der Waals surface area contributed by atoms with Gasteiger partial charge in [0.25, 0.3) is 0 Å². The molecule has 0 radical (unpaired) electrons. The van der Waals surface area contributed by atoms with Crippen LogP contribution in [-0.4, -0.2) is 121 Å². The van der Waals surface area contributed by atoms with Gasteiger partial charge < -0.3 is 38.5 Å². The first-order valence-corrected chi connectivity index (χ1v) is 21.1. The van der Waals surface area contributed by atoms with E-state index < -0.39 is 11.2 Å². The van der Waals surface area contributed by atoms with E-state index in [2.05, 4.69) is 28.9 Å². The Labute approximate surface area is 364 Å². The lowest BCUT2D eigenvalue weighted by atomic mass is 9.98. The van der Waals surface area contributed by atoms with Gasteiger partial charge in [0.15, 0.2) is 0 Å². The average Bonchev–Trinajstić information content (AvgIpc) is 3.13. The second-order valence-corrected chi connectivity index (χ2v) is 18.7. The molecule has 14 heteroatoms. The van der Waals surface area contributed by atoms with Crippen LogP contribution in [0.2, 0.25) is 10.0 Å². The Bertz CT molecular complexity index is 2020. The lowest BCUT2D eigenvalue weighted by Gasteiger charge is -2.41. The van der Waals surface area contributed by atoms with E-state index in [0.29, 0.717) is 78.4 Å². The fourth-order valence-electron chi connectivity index (χ4n) is 7.64. The highest BCUT2D eigenvalue weighted by Crippen LogP contribution is 2.42. The zero-order chi connectivity index (χ0) is 43.5. The molecule has 0 bridgehead atoms. The Balaban J connectivity index is 1.11. The van der Waals surface area contributed by atoms with Gasteiger partial charge in [-0.2, -0.15) is 0 Å². The van der Waals surface area contributed by atoms with Crippen LogP contribution < -0.4 is 9.47 Å². The summed E-state index contributed by atoms with van der Waals surface area (Å²) in [7, 11) is 7.41. The van der Waals surface area contributed by atoms with Crippen LogP contribution in [0.3, 0.4) is 0 Å². The number of halogens is 2. The van der Waals surface area contributed by atoms with E-state index in [9.17, 15) is 9.59 Å². The molecule has 0 spiro atoms. The van der Waals surface area contributed by atoms with Crippen molar-refractivity contribution >= 4 is 35.4 Å². The molecule has 0 unspecified atom stereocenters. The number of hydrogen-bond donors (Lipinski definition) is 0. The summed E-state index contributed by atoms with van der Waals surface area (Å²) in [6.07, 6.45) is 1.21. The molecule has 2 saturated heterocycles. The van der Waals surface area contributed by atoms with Crippen LogP contribution in [-0.2, 0) is 22.6 Å². The monoisotopic (exact) mass is 860 g/mol. The van der Waals surface area contributed by atoms with Crippen LogP contribution in [0.25, 0.3) is 33.6 Å². The fourth-order valence-corrected chi connectivity index (χ4v) is 8.29. The number of methoxy groups -OCH3 is 2. The van der Waals surface area contributed by atoms with Gasteiger partial charge in [0.2, 0.25) is 5.88 Å². The van der Waals surface area contributed by atoms with Gasteiger partial charge in [-0.15, -0.1) is 0 Å². The molecule has 0 saturated carbocycles. The van der Waals surface area contributed by atoms with E-state index in [0.717, 1.165) is 52.2 Å². The molecule has 322 valence electrons. The lowest BCUT2D eigenvalue weighted by Crippen LogP contribution is -2.54. The Hall–Kier alpha value is -4.62. The van der Waals surface area contributed by atoms with E-state index in [1.165, 1.54) is 0 Å². The van der Waals surface area contributed by atoms with Crippen molar-refractivity contribution in [3.05, 3.63) is 82.0 Å². The minimum atomic E-state index is -0.508. The van der Waals surface area contributed by atoms with Gasteiger partial charge in [0.1, 0.15) is 17.0 Å². The minimum Gasteiger partial charge on any atom is -0.496 e. The summed E-state index contributed by atoms with van der Waals surface area (Å²) in [5.41, 5.74) is 5.29. The average molecular weight is 862 g/mol. The Morgan fingerprint density at radius 2 is 1.25 bits per heavy atom. The van der Waals surface area contributed by atoms with Crippen LogP contribution in [0.15, 0.2) is 60.8 Å². The molecule has 6 rings (SSSR count). The summed E-state index contributed by atoms with van der Waals surface area (Å²) < 4.78 is 22.6. The third kappa shape index (κ3) is 11.0. The van der Waals surface area contributed by atoms with Crippen molar-refractivity contribution in [2.24, 2.45) is 11.8 Å². The Morgan fingerprint density at radius 3 is 1.80 bits per heavy atom. The number of ether oxygens (including phenoxy) is 4. The van der Waals surface area contributed by atoms with Crippen molar-refractivity contribution < 1.29 is 28.5 Å². The molecule has 2 aliphatic rings. The van der Waals surface area contributed by atoms with E-state index in [-0.39, 0.29) is 12.2 Å². The van der Waals surface area contributed by atoms with Gasteiger partial charge in [0, 0.05) is 104 Å². The van der Waals surface area contributed by atoms with Crippen LogP contribution >= 0.6 is 23.2 Å². The maximum atomic E-state index is 12.4. The number of carbonyl (C=O) groups is 2. The largest absolute Gasteiger partial charge is 0.496 e. The van der Waals surface area contributed by atoms with Gasteiger partial charge >= 0.3 is 12.2 Å². The van der Waals surface area contributed by atoms with E-state index in [1.807, 2.05) is 96.1 Å².